The molecule has 1 aliphatic rings. The standard InChI is InChI=1S/C20H23N3O6/c1-21(13-16-6-5-11-28-16)19(24)14-29-20(25)15-7-8-17(18(12-15)23(26)27)22-9-3-2-4-10-22/h5-8,11-12H,2-4,9-10,13-14H2,1H3. The molecule has 154 valence electrons. The molecule has 2 heterocycles. The summed E-state index contributed by atoms with van der Waals surface area (Å²) in [6, 6.07) is 7.73. The number of nitrogens with zero attached hydrogens (tertiary/aromatic N) is 3. The monoisotopic (exact) mass is 401 g/mol. The van der Waals surface area contributed by atoms with E-state index in [9.17, 15) is 19.7 Å². The number of likely N-dealkylation sites (N-methyl/N-ethyl adjacent to an activating group) is 1. The van der Waals surface area contributed by atoms with Crippen molar-refractivity contribution in [2.75, 3.05) is 31.6 Å². The van der Waals surface area contributed by atoms with Crippen LogP contribution < -0.4 is 4.90 Å². The van der Waals surface area contributed by atoms with E-state index in [-0.39, 0.29) is 17.8 Å². The van der Waals surface area contributed by atoms with E-state index in [4.69, 9.17) is 9.15 Å². The number of benzene rings is 1. The van der Waals surface area contributed by atoms with Crippen LogP contribution in [-0.2, 0) is 16.1 Å². The SMILES string of the molecule is CN(Cc1ccco1)C(=O)COC(=O)c1ccc(N2CCCCC2)c([N+](=O)[O-])c1. The lowest BCUT2D eigenvalue weighted by atomic mass is 10.1. The molecule has 1 amide bonds. The average Bonchev–Trinajstić information content (AvgIpc) is 3.24. The van der Waals surface area contributed by atoms with Crippen LogP contribution in [0, 0.1) is 10.1 Å². The van der Waals surface area contributed by atoms with E-state index in [1.807, 2.05) is 4.90 Å². The van der Waals surface area contributed by atoms with Gasteiger partial charge in [-0.2, -0.15) is 0 Å². The van der Waals surface area contributed by atoms with Gasteiger partial charge in [-0.15, -0.1) is 0 Å². The van der Waals surface area contributed by atoms with Crippen LogP contribution in [0.5, 0.6) is 0 Å². The molecule has 1 saturated heterocycles. The minimum Gasteiger partial charge on any atom is -0.467 e. The number of amides is 1. The van der Waals surface area contributed by atoms with E-state index in [0.29, 0.717) is 11.4 Å². The van der Waals surface area contributed by atoms with Crippen molar-refractivity contribution in [3.63, 3.8) is 0 Å². The predicted molar refractivity (Wildman–Crippen MR) is 105 cm³/mol. The maximum Gasteiger partial charge on any atom is 0.338 e. The lowest BCUT2D eigenvalue weighted by Crippen LogP contribution is -2.31. The molecule has 1 fully saturated rings. The van der Waals surface area contributed by atoms with Gasteiger partial charge in [-0.05, 0) is 43.5 Å². The molecule has 0 spiro atoms. The molecule has 0 bridgehead atoms. The number of esters is 1. The molecular formula is C20H23N3O6. The minimum absolute atomic E-state index is 0.0407. The molecule has 9 heteroatoms. The Hall–Kier alpha value is -3.36. The van der Waals surface area contributed by atoms with Gasteiger partial charge in [0.25, 0.3) is 11.6 Å². The number of furan rings is 1. The topological polar surface area (TPSA) is 106 Å². The van der Waals surface area contributed by atoms with Crippen molar-refractivity contribution in [3.05, 3.63) is 58.0 Å². The van der Waals surface area contributed by atoms with Gasteiger partial charge in [0.2, 0.25) is 0 Å². The van der Waals surface area contributed by atoms with Crippen molar-refractivity contribution in [1.29, 1.82) is 0 Å². The van der Waals surface area contributed by atoms with Crippen molar-refractivity contribution >= 4 is 23.3 Å². The van der Waals surface area contributed by atoms with Crippen LogP contribution in [0.4, 0.5) is 11.4 Å². The minimum atomic E-state index is -0.780. The fourth-order valence-corrected chi connectivity index (χ4v) is 3.24. The van der Waals surface area contributed by atoms with Crippen LogP contribution in [-0.4, -0.2) is 48.4 Å². The zero-order chi connectivity index (χ0) is 20.8. The number of ether oxygens (including phenoxy) is 1. The number of nitro benzene ring substituents is 1. The van der Waals surface area contributed by atoms with E-state index in [0.717, 1.165) is 32.4 Å². The van der Waals surface area contributed by atoms with Gasteiger partial charge in [-0.25, -0.2) is 4.79 Å². The molecule has 29 heavy (non-hydrogen) atoms. The predicted octanol–water partition coefficient (Wildman–Crippen LogP) is 2.99. The third-order valence-electron chi connectivity index (χ3n) is 4.83. The summed E-state index contributed by atoms with van der Waals surface area (Å²) in [6.45, 7) is 1.29. The Morgan fingerprint density at radius 3 is 2.66 bits per heavy atom. The van der Waals surface area contributed by atoms with Gasteiger partial charge in [-0.1, -0.05) is 0 Å². The first kappa shape index (κ1) is 20.4. The molecule has 2 aromatic rings. The smallest absolute Gasteiger partial charge is 0.338 e. The van der Waals surface area contributed by atoms with Crippen LogP contribution in [0.1, 0.15) is 35.4 Å². The summed E-state index contributed by atoms with van der Waals surface area (Å²) in [4.78, 5) is 38.8. The van der Waals surface area contributed by atoms with Crippen molar-refractivity contribution in [2.24, 2.45) is 0 Å². The van der Waals surface area contributed by atoms with Crippen molar-refractivity contribution in [1.82, 2.24) is 4.90 Å². The number of hydrogen-bond donors (Lipinski definition) is 0. The zero-order valence-electron chi connectivity index (χ0n) is 16.2. The summed E-state index contributed by atoms with van der Waals surface area (Å²) in [7, 11) is 1.57. The number of piperidine rings is 1. The summed E-state index contributed by atoms with van der Waals surface area (Å²) in [5.41, 5.74) is 0.405. The normalized spacial score (nSPS) is 13.8. The Morgan fingerprint density at radius 1 is 1.24 bits per heavy atom. The third-order valence-corrected chi connectivity index (χ3v) is 4.83. The van der Waals surface area contributed by atoms with Crippen molar-refractivity contribution in [2.45, 2.75) is 25.8 Å². The largest absolute Gasteiger partial charge is 0.467 e. The van der Waals surface area contributed by atoms with Gasteiger partial charge in [0.15, 0.2) is 6.61 Å². The van der Waals surface area contributed by atoms with Crippen LogP contribution in [0.15, 0.2) is 41.0 Å². The summed E-state index contributed by atoms with van der Waals surface area (Å²) in [5, 5.41) is 11.5. The lowest BCUT2D eigenvalue weighted by molar-refractivity contribution is -0.384. The lowest BCUT2D eigenvalue weighted by Gasteiger charge is -2.28. The molecule has 0 N–H and O–H groups in total. The number of carbonyl (C=O) groups excluding carboxylic acids is 2. The maximum absolute atomic E-state index is 12.3. The summed E-state index contributed by atoms with van der Waals surface area (Å²) < 4.78 is 10.2. The molecular weight excluding hydrogens is 378 g/mol. The highest BCUT2D eigenvalue weighted by molar-refractivity contribution is 5.93. The molecule has 1 aliphatic heterocycles. The van der Waals surface area contributed by atoms with Gasteiger partial charge in [0, 0.05) is 26.2 Å². The molecule has 0 unspecified atom stereocenters. The Bertz CT molecular complexity index is 874. The second-order valence-electron chi connectivity index (χ2n) is 6.91. The van der Waals surface area contributed by atoms with E-state index < -0.39 is 23.4 Å². The van der Waals surface area contributed by atoms with Crippen LogP contribution in [0.2, 0.25) is 0 Å². The third kappa shape index (κ3) is 5.13. The molecule has 3 rings (SSSR count). The molecule has 0 aliphatic carbocycles. The second kappa shape index (κ2) is 9.22. The number of carbonyl (C=O) groups is 2. The maximum atomic E-state index is 12.3. The molecule has 9 nitrogen and oxygen atoms in total. The van der Waals surface area contributed by atoms with E-state index in [1.54, 1.807) is 25.2 Å². The Labute approximate surface area is 168 Å². The molecule has 1 aromatic carbocycles. The zero-order valence-corrected chi connectivity index (χ0v) is 16.2. The highest BCUT2D eigenvalue weighted by atomic mass is 16.6. The second-order valence-corrected chi connectivity index (χ2v) is 6.91. The van der Waals surface area contributed by atoms with Crippen LogP contribution >= 0.6 is 0 Å². The van der Waals surface area contributed by atoms with Crippen molar-refractivity contribution < 1.29 is 23.7 Å². The molecule has 0 atom stereocenters. The first-order chi connectivity index (χ1) is 14.0. The van der Waals surface area contributed by atoms with Gasteiger partial charge >= 0.3 is 5.97 Å². The summed E-state index contributed by atoms with van der Waals surface area (Å²) in [5.74, 6) is -0.580. The molecule has 0 radical (unpaired) electrons. The Kier molecular flexibility index (Phi) is 6.48. The van der Waals surface area contributed by atoms with Gasteiger partial charge in [0.05, 0.1) is 23.3 Å². The fourth-order valence-electron chi connectivity index (χ4n) is 3.24. The highest BCUT2D eigenvalue weighted by Crippen LogP contribution is 2.31. The van der Waals surface area contributed by atoms with Gasteiger partial charge in [-0.3, -0.25) is 14.9 Å². The van der Waals surface area contributed by atoms with Crippen LogP contribution in [0.25, 0.3) is 0 Å². The quantitative estimate of drug-likeness (QED) is 0.399. The number of nitro groups is 1. The van der Waals surface area contributed by atoms with Crippen LogP contribution in [0.3, 0.4) is 0 Å². The molecule has 0 saturated carbocycles. The number of rotatable bonds is 7. The number of anilines is 1. The van der Waals surface area contributed by atoms with E-state index in [1.165, 1.54) is 23.3 Å². The first-order valence-corrected chi connectivity index (χ1v) is 9.42. The number of hydrogen-bond acceptors (Lipinski definition) is 7. The molecule has 1 aromatic heterocycles. The summed E-state index contributed by atoms with van der Waals surface area (Å²) >= 11 is 0. The highest BCUT2D eigenvalue weighted by Gasteiger charge is 2.24. The van der Waals surface area contributed by atoms with E-state index >= 15 is 0 Å². The van der Waals surface area contributed by atoms with Crippen molar-refractivity contribution in [3.8, 4) is 0 Å². The first-order valence-electron chi connectivity index (χ1n) is 9.42. The van der Waals surface area contributed by atoms with Gasteiger partial charge in [0.1, 0.15) is 11.4 Å². The average molecular weight is 401 g/mol. The fraction of sp³-hybridized carbons (Fsp3) is 0.400. The Balaban J connectivity index is 1.63. The van der Waals surface area contributed by atoms with Gasteiger partial charge < -0.3 is 19.0 Å². The van der Waals surface area contributed by atoms with E-state index in [2.05, 4.69) is 0 Å². The Morgan fingerprint density at radius 2 is 2.00 bits per heavy atom. The summed E-state index contributed by atoms with van der Waals surface area (Å²) in [6.07, 6.45) is 4.58.